The van der Waals surface area contributed by atoms with Gasteiger partial charge in [-0.05, 0) is 51.0 Å². The van der Waals surface area contributed by atoms with Crippen LogP contribution in [0.3, 0.4) is 0 Å². The SMILES string of the molecule is CC(=O)c1ccc(NC(C)C2CCCO2)cc1. The molecule has 1 saturated heterocycles. The van der Waals surface area contributed by atoms with Gasteiger partial charge in [0.25, 0.3) is 0 Å². The molecule has 2 atom stereocenters. The number of carbonyl (C=O) groups excluding carboxylic acids is 1. The predicted octanol–water partition coefficient (Wildman–Crippen LogP) is 2.87. The number of hydrogen-bond donors (Lipinski definition) is 1. The summed E-state index contributed by atoms with van der Waals surface area (Å²) >= 11 is 0. The van der Waals surface area contributed by atoms with Gasteiger partial charge in [0.2, 0.25) is 0 Å². The average Bonchev–Trinajstić information content (AvgIpc) is 2.83. The van der Waals surface area contributed by atoms with E-state index in [2.05, 4.69) is 12.2 Å². The van der Waals surface area contributed by atoms with Gasteiger partial charge in [-0.3, -0.25) is 4.79 Å². The van der Waals surface area contributed by atoms with E-state index in [1.165, 1.54) is 0 Å². The Bertz CT molecular complexity index is 380. The largest absolute Gasteiger partial charge is 0.380 e. The lowest BCUT2D eigenvalue weighted by molar-refractivity contribution is 0.0995. The maximum atomic E-state index is 11.1. The van der Waals surface area contributed by atoms with Crippen LogP contribution in [-0.4, -0.2) is 24.5 Å². The van der Waals surface area contributed by atoms with E-state index in [9.17, 15) is 4.79 Å². The van der Waals surface area contributed by atoms with E-state index in [4.69, 9.17) is 4.74 Å². The van der Waals surface area contributed by atoms with Gasteiger partial charge in [0.05, 0.1) is 6.10 Å². The van der Waals surface area contributed by atoms with E-state index >= 15 is 0 Å². The molecule has 0 amide bonds. The Labute approximate surface area is 102 Å². The van der Waals surface area contributed by atoms with Crippen molar-refractivity contribution >= 4 is 11.5 Å². The van der Waals surface area contributed by atoms with E-state index < -0.39 is 0 Å². The van der Waals surface area contributed by atoms with Gasteiger partial charge in [0.1, 0.15) is 0 Å². The second-order valence-corrected chi connectivity index (χ2v) is 4.62. The van der Waals surface area contributed by atoms with Crippen LogP contribution in [0.1, 0.15) is 37.0 Å². The zero-order chi connectivity index (χ0) is 12.3. The van der Waals surface area contributed by atoms with Gasteiger partial charge in [-0.25, -0.2) is 0 Å². The first-order chi connectivity index (χ1) is 8.16. The number of Topliss-reactive ketones (excluding diaryl/α,β-unsaturated/α-hetero) is 1. The maximum absolute atomic E-state index is 11.1. The molecule has 0 radical (unpaired) electrons. The fraction of sp³-hybridized carbons (Fsp3) is 0.500. The number of hydrogen-bond acceptors (Lipinski definition) is 3. The second-order valence-electron chi connectivity index (χ2n) is 4.62. The summed E-state index contributed by atoms with van der Waals surface area (Å²) in [5.41, 5.74) is 1.79. The summed E-state index contributed by atoms with van der Waals surface area (Å²) < 4.78 is 5.63. The number of rotatable bonds is 4. The van der Waals surface area contributed by atoms with Crippen molar-refractivity contribution in [3.8, 4) is 0 Å². The van der Waals surface area contributed by atoms with Crippen LogP contribution in [0.5, 0.6) is 0 Å². The predicted molar refractivity (Wildman–Crippen MR) is 68.5 cm³/mol. The van der Waals surface area contributed by atoms with Crippen LogP contribution >= 0.6 is 0 Å². The number of ether oxygens (including phenoxy) is 1. The van der Waals surface area contributed by atoms with Crippen LogP contribution in [0.15, 0.2) is 24.3 Å². The summed E-state index contributed by atoms with van der Waals surface area (Å²) in [6.45, 7) is 4.59. The van der Waals surface area contributed by atoms with Gasteiger partial charge in [-0.2, -0.15) is 0 Å². The first kappa shape index (κ1) is 12.1. The fourth-order valence-corrected chi connectivity index (χ4v) is 2.15. The molecule has 1 aromatic rings. The highest BCUT2D eigenvalue weighted by atomic mass is 16.5. The van der Waals surface area contributed by atoms with Crippen LogP contribution in [-0.2, 0) is 4.74 Å². The number of benzene rings is 1. The summed E-state index contributed by atoms with van der Waals surface area (Å²) in [6, 6.07) is 7.91. The van der Waals surface area contributed by atoms with E-state index in [0.29, 0.717) is 12.1 Å². The van der Waals surface area contributed by atoms with E-state index in [-0.39, 0.29) is 5.78 Å². The molecule has 0 aliphatic carbocycles. The third-order valence-corrected chi connectivity index (χ3v) is 3.21. The molecule has 1 fully saturated rings. The molecule has 0 aromatic heterocycles. The Hall–Kier alpha value is -1.35. The fourth-order valence-electron chi connectivity index (χ4n) is 2.15. The Kier molecular flexibility index (Phi) is 3.79. The molecule has 1 aliphatic heterocycles. The maximum Gasteiger partial charge on any atom is 0.159 e. The average molecular weight is 233 g/mol. The Balaban J connectivity index is 1.96. The molecule has 2 rings (SSSR count). The van der Waals surface area contributed by atoms with E-state index in [1.807, 2.05) is 24.3 Å². The molecule has 3 nitrogen and oxygen atoms in total. The number of anilines is 1. The lowest BCUT2D eigenvalue weighted by atomic mass is 10.1. The first-order valence-electron chi connectivity index (χ1n) is 6.16. The lowest BCUT2D eigenvalue weighted by Gasteiger charge is -2.21. The smallest absolute Gasteiger partial charge is 0.159 e. The Morgan fingerprint density at radius 3 is 2.65 bits per heavy atom. The lowest BCUT2D eigenvalue weighted by Crippen LogP contribution is -2.29. The minimum Gasteiger partial charge on any atom is -0.380 e. The second kappa shape index (κ2) is 5.32. The van der Waals surface area contributed by atoms with Crippen molar-refractivity contribution in [1.82, 2.24) is 0 Å². The van der Waals surface area contributed by atoms with Crippen molar-refractivity contribution in [2.45, 2.75) is 38.8 Å². The number of nitrogens with one attached hydrogen (secondary N) is 1. The van der Waals surface area contributed by atoms with Crippen LogP contribution < -0.4 is 5.32 Å². The normalized spacial score (nSPS) is 21.2. The van der Waals surface area contributed by atoms with Crippen LogP contribution in [0.2, 0.25) is 0 Å². The minimum atomic E-state index is 0.101. The van der Waals surface area contributed by atoms with Crippen molar-refractivity contribution in [1.29, 1.82) is 0 Å². The highest BCUT2D eigenvalue weighted by Gasteiger charge is 2.21. The van der Waals surface area contributed by atoms with E-state index in [0.717, 1.165) is 30.7 Å². The van der Waals surface area contributed by atoms with Crippen LogP contribution in [0, 0.1) is 0 Å². The third kappa shape index (κ3) is 3.07. The van der Waals surface area contributed by atoms with Crippen molar-refractivity contribution < 1.29 is 9.53 Å². The zero-order valence-electron chi connectivity index (χ0n) is 10.4. The molecule has 2 unspecified atom stereocenters. The van der Waals surface area contributed by atoms with Gasteiger partial charge in [-0.15, -0.1) is 0 Å². The van der Waals surface area contributed by atoms with Crippen molar-refractivity contribution in [3.63, 3.8) is 0 Å². The molecule has 0 spiro atoms. The standard InChI is InChI=1S/C14H19NO2/c1-10(14-4-3-9-17-14)15-13-7-5-12(6-8-13)11(2)16/h5-8,10,14-15H,3-4,9H2,1-2H3. The molecule has 1 aliphatic rings. The van der Waals surface area contributed by atoms with Crippen molar-refractivity contribution in [3.05, 3.63) is 29.8 Å². The van der Waals surface area contributed by atoms with Crippen molar-refractivity contribution in [2.24, 2.45) is 0 Å². The monoisotopic (exact) mass is 233 g/mol. The van der Waals surface area contributed by atoms with Gasteiger partial charge < -0.3 is 10.1 Å². The third-order valence-electron chi connectivity index (χ3n) is 3.21. The molecule has 1 N–H and O–H groups in total. The van der Waals surface area contributed by atoms with Crippen LogP contribution in [0.25, 0.3) is 0 Å². The summed E-state index contributed by atoms with van der Waals surface area (Å²) in [5.74, 6) is 0.101. The molecule has 0 bridgehead atoms. The summed E-state index contributed by atoms with van der Waals surface area (Å²) in [7, 11) is 0. The number of carbonyl (C=O) groups is 1. The molecular formula is C14H19NO2. The quantitative estimate of drug-likeness (QED) is 0.813. The van der Waals surface area contributed by atoms with Gasteiger partial charge in [0.15, 0.2) is 5.78 Å². The minimum absolute atomic E-state index is 0.101. The Morgan fingerprint density at radius 2 is 2.12 bits per heavy atom. The molecule has 1 heterocycles. The number of ketones is 1. The molecule has 3 heteroatoms. The Morgan fingerprint density at radius 1 is 1.41 bits per heavy atom. The first-order valence-corrected chi connectivity index (χ1v) is 6.16. The van der Waals surface area contributed by atoms with Crippen LogP contribution in [0.4, 0.5) is 5.69 Å². The molecular weight excluding hydrogens is 214 g/mol. The zero-order valence-corrected chi connectivity index (χ0v) is 10.4. The highest BCUT2D eigenvalue weighted by Crippen LogP contribution is 2.19. The summed E-state index contributed by atoms with van der Waals surface area (Å²) in [6.07, 6.45) is 2.59. The highest BCUT2D eigenvalue weighted by molar-refractivity contribution is 5.94. The topological polar surface area (TPSA) is 38.3 Å². The molecule has 0 saturated carbocycles. The van der Waals surface area contributed by atoms with Gasteiger partial charge in [-0.1, -0.05) is 0 Å². The molecule has 17 heavy (non-hydrogen) atoms. The summed E-state index contributed by atoms with van der Waals surface area (Å²) in [4.78, 5) is 11.1. The van der Waals surface area contributed by atoms with Gasteiger partial charge >= 0.3 is 0 Å². The van der Waals surface area contributed by atoms with Crippen molar-refractivity contribution in [2.75, 3.05) is 11.9 Å². The van der Waals surface area contributed by atoms with E-state index in [1.54, 1.807) is 6.92 Å². The molecule has 1 aromatic carbocycles. The van der Waals surface area contributed by atoms with Gasteiger partial charge in [0, 0.05) is 23.9 Å². The summed E-state index contributed by atoms with van der Waals surface area (Å²) in [5, 5.41) is 3.41. The molecule has 92 valence electrons.